The lowest BCUT2D eigenvalue weighted by Gasteiger charge is -2.08. The Morgan fingerprint density at radius 1 is 1.00 bits per heavy atom. The van der Waals surface area contributed by atoms with E-state index in [1.165, 1.54) is 0 Å². The maximum absolute atomic E-state index is 11.7. The van der Waals surface area contributed by atoms with Gasteiger partial charge in [0.05, 0.1) is 6.61 Å². The van der Waals surface area contributed by atoms with Crippen molar-refractivity contribution in [1.29, 1.82) is 0 Å². The molecule has 26 heavy (non-hydrogen) atoms. The van der Waals surface area contributed by atoms with Gasteiger partial charge in [-0.25, -0.2) is 0 Å². The summed E-state index contributed by atoms with van der Waals surface area (Å²) in [5.74, 6) is -0.522. The molecule has 0 aliphatic heterocycles. The number of benzene rings is 1. The molecule has 1 atom stereocenters. The Hall–Kier alpha value is -1.86. The molecule has 8 nitrogen and oxygen atoms in total. The van der Waals surface area contributed by atoms with Crippen LogP contribution in [0.3, 0.4) is 0 Å². The van der Waals surface area contributed by atoms with Gasteiger partial charge in [0.1, 0.15) is 19.8 Å². The summed E-state index contributed by atoms with van der Waals surface area (Å²) in [5.41, 5.74) is 1.29. The number of amides is 2. The van der Waals surface area contributed by atoms with Gasteiger partial charge in [-0.3, -0.25) is 14.4 Å². The molecule has 0 spiro atoms. The van der Waals surface area contributed by atoms with Gasteiger partial charge in [-0.15, -0.1) is 0 Å². The van der Waals surface area contributed by atoms with Gasteiger partial charge in [0.15, 0.2) is 5.52 Å². The number of carbonyl (C=O) groups is 3. The predicted octanol–water partition coefficient (Wildman–Crippen LogP) is 0.286. The van der Waals surface area contributed by atoms with E-state index in [1.54, 1.807) is 24.3 Å². The van der Waals surface area contributed by atoms with E-state index < -0.39 is 0 Å². The Morgan fingerprint density at radius 3 is 2.35 bits per heavy atom. The summed E-state index contributed by atoms with van der Waals surface area (Å²) in [7, 11) is 1.98. The number of nitrogens with one attached hydrogen (secondary N) is 3. The standard InChI is InChI=1S/C17H26N3O5P/c1-2-18-7-8-24-10-15(21)19-9-13-3-5-14(6-4-13)20-16(22)11-25-12-17(23)26/h3-6,18H,2,7-12,26H2,1H3,(H,19,21)(H,20,22). The van der Waals surface area contributed by atoms with Crippen molar-refractivity contribution in [2.24, 2.45) is 0 Å². The Kier molecular flexibility index (Phi) is 11.4. The predicted molar refractivity (Wildman–Crippen MR) is 102 cm³/mol. The van der Waals surface area contributed by atoms with E-state index in [0.29, 0.717) is 18.8 Å². The summed E-state index contributed by atoms with van der Waals surface area (Å²) in [5, 5.41) is 8.52. The van der Waals surface area contributed by atoms with Crippen LogP contribution >= 0.6 is 9.24 Å². The summed E-state index contributed by atoms with van der Waals surface area (Å²) in [6, 6.07) is 7.06. The molecule has 9 heteroatoms. The molecule has 0 bridgehead atoms. The van der Waals surface area contributed by atoms with Crippen LogP contribution in [0.4, 0.5) is 5.69 Å². The number of hydrogen-bond donors (Lipinski definition) is 3. The minimum absolute atomic E-state index is 0.0261. The van der Waals surface area contributed by atoms with Gasteiger partial charge in [-0.05, 0) is 24.2 Å². The first-order valence-electron chi connectivity index (χ1n) is 8.31. The van der Waals surface area contributed by atoms with Crippen LogP contribution in [0.25, 0.3) is 0 Å². The van der Waals surface area contributed by atoms with Gasteiger partial charge in [0.25, 0.3) is 0 Å². The van der Waals surface area contributed by atoms with E-state index >= 15 is 0 Å². The largest absolute Gasteiger partial charge is 0.370 e. The molecular weight excluding hydrogens is 357 g/mol. The molecule has 2 amide bonds. The minimum atomic E-state index is -0.341. The summed E-state index contributed by atoms with van der Waals surface area (Å²) in [4.78, 5) is 34.0. The lowest BCUT2D eigenvalue weighted by atomic mass is 10.2. The molecule has 1 unspecified atom stereocenters. The normalized spacial score (nSPS) is 10.4. The van der Waals surface area contributed by atoms with Crippen LogP contribution in [0.15, 0.2) is 24.3 Å². The van der Waals surface area contributed by atoms with Gasteiger partial charge >= 0.3 is 0 Å². The van der Waals surface area contributed by atoms with Crippen LogP contribution in [-0.4, -0.2) is 56.9 Å². The van der Waals surface area contributed by atoms with E-state index in [2.05, 4.69) is 16.0 Å². The molecule has 0 saturated carbocycles. The Bertz CT molecular complexity index is 580. The number of ether oxygens (including phenoxy) is 2. The Balaban J connectivity index is 2.24. The van der Waals surface area contributed by atoms with Crippen LogP contribution in [0.1, 0.15) is 12.5 Å². The topological polar surface area (TPSA) is 106 Å². The summed E-state index contributed by atoms with van der Waals surface area (Å²) < 4.78 is 10.2. The third-order valence-corrected chi connectivity index (χ3v) is 3.28. The van der Waals surface area contributed by atoms with Crippen molar-refractivity contribution in [1.82, 2.24) is 10.6 Å². The van der Waals surface area contributed by atoms with E-state index in [1.807, 2.05) is 16.2 Å². The highest BCUT2D eigenvalue weighted by molar-refractivity contribution is 7.40. The highest BCUT2D eigenvalue weighted by atomic mass is 31.0. The average molecular weight is 383 g/mol. The van der Waals surface area contributed by atoms with Gasteiger partial charge in [-0.2, -0.15) is 0 Å². The lowest BCUT2D eigenvalue weighted by molar-refractivity contribution is -0.126. The highest BCUT2D eigenvalue weighted by Gasteiger charge is 2.05. The van der Waals surface area contributed by atoms with E-state index in [9.17, 15) is 14.4 Å². The van der Waals surface area contributed by atoms with Crippen LogP contribution in [-0.2, 0) is 30.4 Å². The first kappa shape index (κ1) is 22.2. The summed E-state index contributed by atoms with van der Waals surface area (Å²) in [6.45, 7) is 4.19. The molecule has 0 radical (unpaired) electrons. The second-order valence-corrected chi connectivity index (χ2v) is 6.03. The molecular formula is C17H26N3O5P. The van der Waals surface area contributed by atoms with Crippen molar-refractivity contribution in [3.05, 3.63) is 29.8 Å². The molecule has 0 aromatic heterocycles. The SMILES string of the molecule is CCNCCOCC(=O)NCc1ccc(NC(=O)COCC(=O)P)cc1. The fraction of sp³-hybridized carbons (Fsp3) is 0.471. The zero-order valence-corrected chi connectivity index (χ0v) is 16.0. The van der Waals surface area contributed by atoms with Crippen molar-refractivity contribution >= 4 is 32.3 Å². The quantitative estimate of drug-likeness (QED) is 0.334. The smallest absolute Gasteiger partial charge is 0.250 e. The number of anilines is 1. The number of rotatable bonds is 13. The third kappa shape index (κ3) is 10.9. The number of hydrogen-bond acceptors (Lipinski definition) is 6. The fourth-order valence-electron chi connectivity index (χ4n) is 1.88. The molecule has 1 aromatic carbocycles. The minimum Gasteiger partial charge on any atom is -0.370 e. The lowest BCUT2D eigenvalue weighted by Crippen LogP contribution is -2.28. The van der Waals surface area contributed by atoms with Crippen LogP contribution < -0.4 is 16.0 Å². The van der Waals surface area contributed by atoms with Crippen molar-refractivity contribution < 1.29 is 23.9 Å². The van der Waals surface area contributed by atoms with Crippen molar-refractivity contribution in [3.8, 4) is 0 Å². The van der Waals surface area contributed by atoms with Gasteiger partial charge in [0, 0.05) is 18.8 Å². The molecule has 0 saturated heterocycles. The zero-order chi connectivity index (χ0) is 19.2. The second kappa shape index (κ2) is 13.4. The zero-order valence-electron chi connectivity index (χ0n) is 14.9. The van der Waals surface area contributed by atoms with Crippen molar-refractivity contribution in [3.63, 3.8) is 0 Å². The van der Waals surface area contributed by atoms with Crippen LogP contribution in [0.5, 0.6) is 0 Å². The average Bonchev–Trinajstić information content (AvgIpc) is 2.60. The summed E-state index contributed by atoms with van der Waals surface area (Å²) >= 11 is 0. The Labute approximate surface area is 155 Å². The molecule has 1 rings (SSSR count). The first-order chi connectivity index (χ1) is 12.5. The van der Waals surface area contributed by atoms with Gasteiger partial charge in [-0.1, -0.05) is 28.3 Å². The van der Waals surface area contributed by atoms with Crippen LogP contribution in [0, 0.1) is 0 Å². The van der Waals surface area contributed by atoms with E-state index in [0.717, 1.165) is 18.7 Å². The maximum atomic E-state index is 11.7. The van der Waals surface area contributed by atoms with Crippen molar-refractivity contribution in [2.45, 2.75) is 13.5 Å². The van der Waals surface area contributed by atoms with Gasteiger partial charge in [0.2, 0.25) is 11.8 Å². The summed E-state index contributed by atoms with van der Waals surface area (Å²) in [6.07, 6.45) is 0. The van der Waals surface area contributed by atoms with Gasteiger partial charge < -0.3 is 25.4 Å². The fourth-order valence-corrected chi connectivity index (χ4v) is 2.00. The first-order valence-corrected chi connectivity index (χ1v) is 8.89. The molecule has 0 fully saturated rings. The second-order valence-electron chi connectivity index (χ2n) is 5.39. The molecule has 1 aromatic rings. The van der Waals surface area contributed by atoms with Crippen molar-refractivity contribution in [2.75, 3.05) is 44.8 Å². The number of likely N-dealkylation sites (N-methyl/N-ethyl adjacent to an activating group) is 1. The number of carbonyl (C=O) groups excluding carboxylic acids is 3. The molecule has 0 heterocycles. The van der Waals surface area contributed by atoms with Crippen LogP contribution in [0.2, 0.25) is 0 Å². The molecule has 144 valence electrons. The third-order valence-electron chi connectivity index (χ3n) is 3.11. The molecule has 0 aliphatic rings. The van der Waals surface area contributed by atoms with E-state index in [4.69, 9.17) is 9.47 Å². The maximum Gasteiger partial charge on any atom is 0.250 e. The monoisotopic (exact) mass is 383 g/mol. The van der Waals surface area contributed by atoms with E-state index in [-0.39, 0.29) is 37.2 Å². The molecule has 0 aliphatic carbocycles. The molecule has 3 N–H and O–H groups in total. The Morgan fingerprint density at radius 2 is 1.69 bits per heavy atom. The highest BCUT2D eigenvalue weighted by Crippen LogP contribution is 2.09.